The van der Waals surface area contributed by atoms with E-state index in [0.717, 1.165) is 10.0 Å². The largest absolute Gasteiger partial charge is 0.445 e. The lowest BCUT2D eigenvalue weighted by molar-refractivity contribution is -0.134. The second-order valence-corrected chi connectivity index (χ2v) is 7.33. The molecule has 2 aromatic carbocycles. The number of benzene rings is 2. The minimum absolute atomic E-state index is 0.299. The van der Waals surface area contributed by atoms with E-state index in [0.29, 0.717) is 23.4 Å². The van der Waals surface area contributed by atoms with Crippen LogP contribution in [0.5, 0.6) is 0 Å². The van der Waals surface area contributed by atoms with Gasteiger partial charge in [0.2, 0.25) is 0 Å². The van der Waals surface area contributed by atoms with Gasteiger partial charge in [0.05, 0.1) is 16.9 Å². The Morgan fingerprint density at radius 3 is 2.89 bits per heavy atom. The fraction of sp³-hybridized carbons (Fsp3) is 0.158. The van der Waals surface area contributed by atoms with Crippen LogP contribution >= 0.6 is 15.9 Å². The van der Waals surface area contributed by atoms with E-state index in [4.69, 9.17) is 4.74 Å². The number of halogens is 1. The first-order valence-corrected chi connectivity index (χ1v) is 9.03. The molecule has 1 unspecified atom stereocenters. The SMILES string of the molecule is CC1(C(=O)Nc2cc(Br)ccc2-n2cncn2)Cc2ccccc2C(=O)O1. The summed E-state index contributed by atoms with van der Waals surface area (Å²) in [5.41, 5.74) is 1.14. The molecule has 136 valence electrons. The minimum Gasteiger partial charge on any atom is -0.445 e. The molecule has 0 aliphatic carbocycles. The number of nitrogens with zero attached hydrogens (tertiary/aromatic N) is 3. The van der Waals surface area contributed by atoms with Crippen LogP contribution in [0.3, 0.4) is 0 Å². The Kier molecular flexibility index (Phi) is 4.27. The third-order valence-electron chi connectivity index (χ3n) is 4.44. The van der Waals surface area contributed by atoms with Crippen molar-refractivity contribution in [3.8, 4) is 5.69 Å². The van der Waals surface area contributed by atoms with Crippen molar-refractivity contribution in [2.75, 3.05) is 5.32 Å². The number of carbonyl (C=O) groups excluding carboxylic acids is 2. The third-order valence-corrected chi connectivity index (χ3v) is 4.93. The molecular formula is C19H15BrN4O3. The Labute approximate surface area is 163 Å². The van der Waals surface area contributed by atoms with Crippen LogP contribution < -0.4 is 5.32 Å². The molecule has 1 atom stereocenters. The molecule has 1 aliphatic rings. The van der Waals surface area contributed by atoms with E-state index in [1.54, 1.807) is 35.9 Å². The van der Waals surface area contributed by atoms with Gasteiger partial charge in [-0.3, -0.25) is 4.79 Å². The van der Waals surface area contributed by atoms with Crippen molar-refractivity contribution in [1.82, 2.24) is 14.8 Å². The summed E-state index contributed by atoms with van der Waals surface area (Å²) in [5.74, 6) is -0.912. The summed E-state index contributed by atoms with van der Waals surface area (Å²) < 4.78 is 7.84. The number of ether oxygens (including phenoxy) is 1. The molecule has 8 heteroatoms. The molecule has 0 saturated heterocycles. The molecule has 1 aliphatic heterocycles. The van der Waals surface area contributed by atoms with Gasteiger partial charge < -0.3 is 10.1 Å². The Balaban J connectivity index is 1.65. The van der Waals surface area contributed by atoms with Crippen molar-refractivity contribution >= 4 is 33.5 Å². The minimum atomic E-state index is -1.31. The number of hydrogen-bond acceptors (Lipinski definition) is 5. The zero-order valence-electron chi connectivity index (χ0n) is 14.3. The van der Waals surface area contributed by atoms with Crippen LogP contribution in [-0.4, -0.2) is 32.2 Å². The van der Waals surface area contributed by atoms with Crippen molar-refractivity contribution in [3.63, 3.8) is 0 Å². The number of hydrogen-bond donors (Lipinski definition) is 1. The molecule has 27 heavy (non-hydrogen) atoms. The summed E-state index contributed by atoms with van der Waals surface area (Å²) in [5, 5.41) is 6.98. The number of carbonyl (C=O) groups is 2. The Morgan fingerprint density at radius 2 is 2.11 bits per heavy atom. The number of anilines is 1. The Hall–Kier alpha value is -3.00. The maximum absolute atomic E-state index is 13.0. The van der Waals surface area contributed by atoms with Crippen LogP contribution in [0.15, 0.2) is 59.6 Å². The average Bonchev–Trinajstić information content (AvgIpc) is 3.16. The van der Waals surface area contributed by atoms with Gasteiger partial charge in [0.15, 0.2) is 5.60 Å². The van der Waals surface area contributed by atoms with E-state index < -0.39 is 17.5 Å². The number of esters is 1. The van der Waals surface area contributed by atoms with E-state index in [-0.39, 0.29) is 0 Å². The number of nitrogens with one attached hydrogen (secondary N) is 1. The highest BCUT2D eigenvalue weighted by Crippen LogP contribution is 2.31. The summed E-state index contributed by atoms with van der Waals surface area (Å²) in [4.78, 5) is 29.3. The maximum Gasteiger partial charge on any atom is 0.339 e. The highest BCUT2D eigenvalue weighted by molar-refractivity contribution is 9.10. The van der Waals surface area contributed by atoms with E-state index >= 15 is 0 Å². The lowest BCUT2D eigenvalue weighted by Gasteiger charge is -2.33. The van der Waals surface area contributed by atoms with Crippen molar-refractivity contribution < 1.29 is 14.3 Å². The van der Waals surface area contributed by atoms with Gasteiger partial charge in [-0.25, -0.2) is 14.5 Å². The van der Waals surface area contributed by atoms with Crippen molar-refractivity contribution in [2.24, 2.45) is 0 Å². The van der Waals surface area contributed by atoms with E-state index in [9.17, 15) is 9.59 Å². The molecule has 0 bridgehead atoms. The van der Waals surface area contributed by atoms with Gasteiger partial charge in [0.25, 0.3) is 5.91 Å². The highest BCUT2D eigenvalue weighted by Gasteiger charge is 2.42. The van der Waals surface area contributed by atoms with Gasteiger partial charge >= 0.3 is 5.97 Å². The zero-order valence-corrected chi connectivity index (χ0v) is 15.9. The first-order chi connectivity index (χ1) is 13.0. The molecule has 0 fully saturated rings. The predicted molar refractivity (Wildman–Crippen MR) is 102 cm³/mol. The Morgan fingerprint density at radius 1 is 1.30 bits per heavy atom. The number of rotatable bonds is 3. The summed E-state index contributed by atoms with van der Waals surface area (Å²) >= 11 is 3.41. The summed E-state index contributed by atoms with van der Waals surface area (Å²) in [6, 6.07) is 12.6. The van der Waals surface area contributed by atoms with Crippen LogP contribution in [0, 0.1) is 0 Å². The molecule has 1 amide bonds. The first kappa shape index (κ1) is 17.4. The number of aromatic nitrogens is 3. The number of amides is 1. The molecule has 1 N–H and O–H groups in total. The fourth-order valence-electron chi connectivity index (χ4n) is 3.05. The van der Waals surface area contributed by atoms with Gasteiger partial charge in [0.1, 0.15) is 12.7 Å². The van der Waals surface area contributed by atoms with Gasteiger partial charge in [-0.1, -0.05) is 34.1 Å². The van der Waals surface area contributed by atoms with E-state index in [1.165, 1.54) is 12.7 Å². The summed E-state index contributed by atoms with van der Waals surface area (Å²) in [6.07, 6.45) is 3.25. The van der Waals surface area contributed by atoms with E-state index in [1.807, 2.05) is 18.2 Å². The first-order valence-electron chi connectivity index (χ1n) is 8.23. The summed E-state index contributed by atoms with van der Waals surface area (Å²) in [6.45, 7) is 1.61. The van der Waals surface area contributed by atoms with Gasteiger partial charge in [-0.15, -0.1) is 0 Å². The molecule has 3 aromatic rings. The number of fused-ring (bicyclic) bond motifs is 1. The third kappa shape index (κ3) is 3.23. The van der Waals surface area contributed by atoms with Gasteiger partial charge in [-0.2, -0.15) is 5.10 Å². The van der Waals surface area contributed by atoms with Crippen LogP contribution in [-0.2, 0) is 16.0 Å². The van der Waals surface area contributed by atoms with Crippen LogP contribution in [0.1, 0.15) is 22.8 Å². The molecule has 1 aromatic heterocycles. The fourth-order valence-corrected chi connectivity index (χ4v) is 3.42. The topological polar surface area (TPSA) is 86.1 Å². The standard InChI is InChI=1S/C19H15BrN4O3/c1-19(9-12-4-2-3-5-14(12)17(25)27-19)18(26)23-15-8-13(20)6-7-16(15)24-11-21-10-22-24/h2-8,10-11H,9H2,1H3,(H,23,26). The second-order valence-electron chi connectivity index (χ2n) is 6.41. The number of cyclic esters (lactones) is 1. The molecule has 0 saturated carbocycles. The normalized spacial score (nSPS) is 18.5. The molecule has 0 spiro atoms. The van der Waals surface area contributed by atoms with Crippen LogP contribution in [0.25, 0.3) is 5.69 Å². The lowest BCUT2D eigenvalue weighted by atomic mass is 9.89. The van der Waals surface area contributed by atoms with Crippen LogP contribution in [0.4, 0.5) is 5.69 Å². The smallest absolute Gasteiger partial charge is 0.339 e. The van der Waals surface area contributed by atoms with Crippen molar-refractivity contribution in [1.29, 1.82) is 0 Å². The van der Waals surface area contributed by atoms with Crippen molar-refractivity contribution in [3.05, 3.63) is 70.7 Å². The van der Waals surface area contributed by atoms with Crippen molar-refractivity contribution in [2.45, 2.75) is 18.9 Å². The highest BCUT2D eigenvalue weighted by atomic mass is 79.9. The van der Waals surface area contributed by atoms with E-state index in [2.05, 4.69) is 31.3 Å². The molecular weight excluding hydrogens is 412 g/mol. The quantitative estimate of drug-likeness (QED) is 0.650. The molecule has 0 radical (unpaired) electrons. The predicted octanol–water partition coefficient (Wildman–Crippen LogP) is 3.14. The maximum atomic E-state index is 13.0. The molecule has 2 heterocycles. The average molecular weight is 427 g/mol. The van der Waals surface area contributed by atoms with Gasteiger partial charge in [0, 0.05) is 10.9 Å². The van der Waals surface area contributed by atoms with Crippen LogP contribution in [0.2, 0.25) is 0 Å². The summed E-state index contributed by atoms with van der Waals surface area (Å²) in [7, 11) is 0. The second kappa shape index (κ2) is 6.62. The molecule has 4 rings (SSSR count). The van der Waals surface area contributed by atoms with Gasteiger partial charge in [-0.05, 0) is 36.8 Å². The Bertz CT molecular complexity index is 1040. The lowest BCUT2D eigenvalue weighted by Crippen LogP contribution is -2.49. The molecule has 7 nitrogen and oxygen atoms in total. The zero-order chi connectivity index (χ0) is 19.0. The monoisotopic (exact) mass is 426 g/mol.